The first-order chi connectivity index (χ1) is 16.3. The van der Waals surface area contributed by atoms with Gasteiger partial charge in [-0.2, -0.15) is 0 Å². The van der Waals surface area contributed by atoms with Crippen LogP contribution in [-0.4, -0.2) is 62.3 Å². The smallest absolute Gasteiger partial charge is 0.120 e. The first-order valence-electron chi connectivity index (χ1n) is 13.0. The van der Waals surface area contributed by atoms with Crippen LogP contribution >= 0.6 is 11.3 Å². The van der Waals surface area contributed by atoms with Crippen molar-refractivity contribution in [2.24, 2.45) is 0 Å². The molecular formula is C28H38N2O2S. The predicted octanol–water partition coefficient (Wildman–Crippen LogP) is 6.56. The second-order valence-electron chi connectivity index (χ2n) is 9.63. The molecule has 5 rings (SSSR count). The number of thiophene rings is 1. The van der Waals surface area contributed by atoms with Gasteiger partial charge < -0.3 is 19.3 Å². The van der Waals surface area contributed by atoms with Gasteiger partial charge in [-0.05, 0) is 101 Å². The fourth-order valence-corrected chi connectivity index (χ4v) is 6.35. The molecule has 2 fully saturated rings. The van der Waals surface area contributed by atoms with E-state index in [0.717, 1.165) is 50.6 Å². The Labute approximate surface area is 202 Å². The summed E-state index contributed by atoms with van der Waals surface area (Å²) in [5.74, 6) is 1.97. The number of fused-ring (bicyclic) bond motifs is 3. The Morgan fingerprint density at radius 3 is 1.82 bits per heavy atom. The molecule has 0 aliphatic carbocycles. The summed E-state index contributed by atoms with van der Waals surface area (Å²) in [5, 5.41) is 2.59. The normalized spacial score (nSPS) is 18.2. The quantitative estimate of drug-likeness (QED) is 0.316. The fraction of sp³-hybridized carbons (Fsp3) is 0.571. The topological polar surface area (TPSA) is 24.9 Å². The molecule has 3 aromatic rings. The van der Waals surface area contributed by atoms with Crippen LogP contribution in [0, 0.1) is 0 Å². The second-order valence-corrected chi connectivity index (χ2v) is 10.7. The molecule has 0 amide bonds. The molecule has 2 aliphatic heterocycles. The van der Waals surface area contributed by atoms with Crippen LogP contribution in [0.15, 0.2) is 36.4 Å². The lowest BCUT2D eigenvalue weighted by atomic mass is 10.1. The first-order valence-corrected chi connectivity index (χ1v) is 13.8. The van der Waals surface area contributed by atoms with Crippen LogP contribution in [0.4, 0.5) is 0 Å². The molecule has 33 heavy (non-hydrogen) atoms. The van der Waals surface area contributed by atoms with Gasteiger partial charge in [-0.1, -0.05) is 12.8 Å². The van der Waals surface area contributed by atoms with Crippen molar-refractivity contribution in [3.8, 4) is 11.5 Å². The zero-order valence-electron chi connectivity index (χ0n) is 19.9. The van der Waals surface area contributed by atoms with Crippen molar-refractivity contribution >= 4 is 31.5 Å². The highest BCUT2D eigenvalue weighted by Gasteiger charge is 2.11. The number of rotatable bonds is 10. The van der Waals surface area contributed by atoms with E-state index in [4.69, 9.17) is 9.47 Å². The maximum absolute atomic E-state index is 6.11. The third-order valence-electron chi connectivity index (χ3n) is 7.09. The fourth-order valence-electron chi connectivity index (χ4n) is 5.24. The Morgan fingerprint density at radius 2 is 1.18 bits per heavy atom. The van der Waals surface area contributed by atoms with Gasteiger partial charge in [-0.15, -0.1) is 11.3 Å². The van der Waals surface area contributed by atoms with E-state index < -0.39 is 0 Å². The van der Waals surface area contributed by atoms with Gasteiger partial charge in [0, 0.05) is 33.3 Å². The minimum atomic E-state index is 0.791. The summed E-state index contributed by atoms with van der Waals surface area (Å²) < 4.78 is 14.8. The number of ether oxygens (including phenoxy) is 2. The second kappa shape index (κ2) is 11.5. The standard InChI is InChI=1S/C28H38N2O2S/c1-3-13-29(14-4-1)17-7-19-31-23-10-12-27-26(21-23)25-11-9-24(22-28(25)33-27)32-20-8-18-30-15-5-2-6-16-30/h9-12,21-22H,1-8,13-20H2. The van der Waals surface area contributed by atoms with Gasteiger partial charge in [-0.25, -0.2) is 0 Å². The summed E-state index contributed by atoms with van der Waals surface area (Å²) in [6.45, 7) is 8.95. The number of likely N-dealkylation sites (tertiary alicyclic amines) is 2. The molecule has 2 aliphatic rings. The summed E-state index contributed by atoms with van der Waals surface area (Å²) in [5.41, 5.74) is 0. The van der Waals surface area contributed by atoms with Gasteiger partial charge in [0.15, 0.2) is 0 Å². The third-order valence-corrected chi connectivity index (χ3v) is 8.22. The van der Waals surface area contributed by atoms with Gasteiger partial charge in [0.05, 0.1) is 13.2 Å². The van der Waals surface area contributed by atoms with E-state index in [1.807, 2.05) is 11.3 Å². The van der Waals surface area contributed by atoms with Crippen LogP contribution in [0.25, 0.3) is 20.2 Å². The first kappa shape index (κ1) is 22.9. The molecule has 0 unspecified atom stereocenters. The lowest BCUT2D eigenvalue weighted by molar-refractivity contribution is 0.205. The summed E-state index contributed by atoms with van der Waals surface area (Å²) in [7, 11) is 0. The zero-order chi connectivity index (χ0) is 22.3. The Balaban J connectivity index is 1.14. The molecule has 3 heterocycles. The highest BCUT2D eigenvalue weighted by Crippen LogP contribution is 2.37. The molecule has 178 valence electrons. The average molecular weight is 467 g/mol. The third kappa shape index (κ3) is 6.20. The van der Waals surface area contributed by atoms with E-state index in [1.165, 1.54) is 84.9 Å². The monoisotopic (exact) mass is 466 g/mol. The maximum Gasteiger partial charge on any atom is 0.120 e. The Bertz CT molecular complexity index is 1020. The van der Waals surface area contributed by atoms with Crippen molar-refractivity contribution in [2.45, 2.75) is 51.4 Å². The van der Waals surface area contributed by atoms with Crippen LogP contribution in [0.5, 0.6) is 11.5 Å². The van der Waals surface area contributed by atoms with Gasteiger partial charge in [0.1, 0.15) is 11.5 Å². The van der Waals surface area contributed by atoms with Crippen molar-refractivity contribution in [1.29, 1.82) is 0 Å². The molecule has 2 aromatic carbocycles. The minimum absolute atomic E-state index is 0.791. The molecule has 0 bridgehead atoms. The molecule has 0 N–H and O–H groups in total. The van der Waals surface area contributed by atoms with E-state index in [0.29, 0.717) is 0 Å². The van der Waals surface area contributed by atoms with Crippen molar-refractivity contribution in [2.75, 3.05) is 52.5 Å². The largest absolute Gasteiger partial charge is 0.494 e. The van der Waals surface area contributed by atoms with Gasteiger partial charge in [-0.3, -0.25) is 0 Å². The molecule has 1 aromatic heterocycles. The summed E-state index contributed by atoms with van der Waals surface area (Å²) in [4.78, 5) is 5.16. The summed E-state index contributed by atoms with van der Waals surface area (Å²) in [6, 6.07) is 13.1. The van der Waals surface area contributed by atoms with E-state index in [2.05, 4.69) is 46.2 Å². The highest BCUT2D eigenvalue weighted by atomic mass is 32.1. The number of hydrogen-bond donors (Lipinski definition) is 0. The molecular weight excluding hydrogens is 428 g/mol. The summed E-state index contributed by atoms with van der Waals surface area (Å²) >= 11 is 1.84. The molecule has 4 nitrogen and oxygen atoms in total. The zero-order valence-corrected chi connectivity index (χ0v) is 20.7. The van der Waals surface area contributed by atoms with Gasteiger partial charge in [0.2, 0.25) is 0 Å². The Kier molecular flexibility index (Phi) is 8.03. The van der Waals surface area contributed by atoms with Crippen LogP contribution in [0.1, 0.15) is 51.4 Å². The molecule has 5 heteroatoms. The van der Waals surface area contributed by atoms with Crippen molar-refractivity contribution in [3.05, 3.63) is 36.4 Å². The van der Waals surface area contributed by atoms with Gasteiger partial charge in [0.25, 0.3) is 0 Å². The minimum Gasteiger partial charge on any atom is -0.494 e. The van der Waals surface area contributed by atoms with E-state index >= 15 is 0 Å². The number of benzene rings is 2. The van der Waals surface area contributed by atoms with Gasteiger partial charge >= 0.3 is 0 Å². The molecule has 0 saturated carbocycles. The highest BCUT2D eigenvalue weighted by molar-refractivity contribution is 7.25. The lowest BCUT2D eigenvalue weighted by Gasteiger charge is -2.26. The molecule has 2 saturated heterocycles. The van der Waals surface area contributed by atoms with E-state index in [1.54, 1.807) is 0 Å². The average Bonchev–Trinajstić information content (AvgIpc) is 3.23. The Hall–Kier alpha value is -1.82. The predicted molar refractivity (Wildman–Crippen MR) is 140 cm³/mol. The van der Waals surface area contributed by atoms with Crippen molar-refractivity contribution in [1.82, 2.24) is 9.80 Å². The van der Waals surface area contributed by atoms with Crippen LogP contribution in [0.3, 0.4) is 0 Å². The maximum atomic E-state index is 6.11. The van der Waals surface area contributed by atoms with Crippen molar-refractivity contribution in [3.63, 3.8) is 0 Å². The van der Waals surface area contributed by atoms with Crippen molar-refractivity contribution < 1.29 is 9.47 Å². The van der Waals surface area contributed by atoms with E-state index in [-0.39, 0.29) is 0 Å². The summed E-state index contributed by atoms with van der Waals surface area (Å²) in [6.07, 6.45) is 10.4. The number of piperidine rings is 2. The number of hydrogen-bond acceptors (Lipinski definition) is 5. The lowest BCUT2D eigenvalue weighted by Crippen LogP contribution is -2.31. The van der Waals surface area contributed by atoms with E-state index in [9.17, 15) is 0 Å². The molecule has 0 spiro atoms. The molecule has 0 radical (unpaired) electrons. The number of nitrogens with zero attached hydrogens (tertiary/aromatic N) is 2. The van der Waals surface area contributed by atoms with Crippen LogP contribution in [-0.2, 0) is 0 Å². The SMILES string of the molecule is c1cc2c(cc1OCCCN1CCCCC1)sc1ccc(OCCCN3CCCCC3)cc12. The molecule has 0 atom stereocenters. The Morgan fingerprint density at radius 1 is 0.606 bits per heavy atom. The van der Waals surface area contributed by atoms with Crippen LogP contribution < -0.4 is 9.47 Å². The van der Waals surface area contributed by atoms with Crippen LogP contribution in [0.2, 0.25) is 0 Å².